The van der Waals surface area contributed by atoms with Gasteiger partial charge in [0.05, 0.1) is 17.3 Å². The lowest BCUT2D eigenvalue weighted by molar-refractivity contribution is -0.174. The van der Waals surface area contributed by atoms with Gasteiger partial charge in [-0.15, -0.1) is 0 Å². The third kappa shape index (κ3) is 3.23. The van der Waals surface area contributed by atoms with Gasteiger partial charge < -0.3 is 14.7 Å². The normalized spacial score (nSPS) is 24.2. The van der Waals surface area contributed by atoms with Crippen LogP contribution in [0.25, 0.3) is 0 Å². The summed E-state index contributed by atoms with van der Waals surface area (Å²) < 4.78 is 5.88. The van der Waals surface area contributed by atoms with Gasteiger partial charge in [0.2, 0.25) is 0 Å². The van der Waals surface area contributed by atoms with Crippen LogP contribution < -0.4 is 0 Å². The van der Waals surface area contributed by atoms with Crippen LogP contribution in [-0.4, -0.2) is 57.3 Å². The van der Waals surface area contributed by atoms with E-state index in [9.17, 15) is 9.90 Å². The van der Waals surface area contributed by atoms with E-state index in [1.54, 1.807) is 12.4 Å². The first-order valence-corrected chi connectivity index (χ1v) is 8.45. The number of amides is 1. The van der Waals surface area contributed by atoms with E-state index < -0.39 is 11.7 Å². The predicted molar refractivity (Wildman–Crippen MR) is 85.2 cm³/mol. The number of aliphatic hydroxyl groups excluding tert-OH is 1. The van der Waals surface area contributed by atoms with Crippen LogP contribution in [0.1, 0.15) is 61.6 Å². The first kappa shape index (κ1) is 16.3. The van der Waals surface area contributed by atoms with E-state index in [1.807, 2.05) is 18.7 Å². The highest BCUT2D eigenvalue weighted by Crippen LogP contribution is 2.35. The molecule has 6 nitrogen and oxygen atoms in total. The summed E-state index contributed by atoms with van der Waals surface area (Å²) in [5.41, 5.74) is 0.0722. The van der Waals surface area contributed by atoms with Gasteiger partial charge in [-0.05, 0) is 25.7 Å². The Hall–Kier alpha value is -1.53. The van der Waals surface area contributed by atoms with Crippen molar-refractivity contribution in [1.29, 1.82) is 0 Å². The summed E-state index contributed by atoms with van der Waals surface area (Å²) in [6.07, 6.45) is 5.88. The quantitative estimate of drug-likeness (QED) is 0.899. The Bertz CT molecular complexity index is 551. The lowest BCUT2D eigenvalue weighted by Gasteiger charge is -2.46. The topological polar surface area (TPSA) is 75.6 Å². The Balaban J connectivity index is 1.64. The van der Waals surface area contributed by atoms with Gasteiger partial charge >= 0.3 is 0 Å². The van der Waals surface area contributed by atoms with E-state index in [2.05, 4.69) is 9.97 Å². The average molecular weight is 319 g/mol. The zero-order chi connectivity index (χ0) is 16.4. The number of nitrogens with zero attached hydrogens (tertiary/aromatic N) is 3. The van der Waals surface area contributed by atoms with Crippen LogP contribution >= 0.6 is 0 Å². The summed E-state index contributed by atoms with van der Waals surface area (Å²) in [5, 5.41) is 10.3. The molecule has 1 N–H and O–H groups in total. The highest BCUT2D eigenvalue weighted by molar-refractivity contribution is 5.93. The second-order valence-electron chi connectivity index (χ2n) is 6.85. The number of ether oxygens (including phenoxy) is 1. The highest BCUT2D eigenvalue weighted by Gasteiger charge is 2.44. The minimum atomic E-state index is -0.451. The van der Waals surface area contributed by atoms with Crippen molar-refractivity contribution in [2.75, 3.05) is 19.7 Å². The van der Waals surface area contributed by atoms with Crippen LogP contribution in [0, 0.1) is 0 Å². The van der Waals surface area contributed by atoms with Gasteiger partial charge in [-0.3, -0.25) is 4.79 Å². The molecular formula is C17H25N3O3. The van der Waals surface area contributed by atoms with E-state index >= 15 is 0 Å². The Morgan fingerprint density at radius 2 is 2.00 bits per heavy atom. The molecule has 1 spiro atoms. The summed E-state index contributed by atoms with van der Waals surface area (Å²) in [4.78, 5) is 22.9. The summed E-state index contributed by atoms with van der Waals surface area (Å²) in [5.74, 6) is 0.956. The number of carbonyl (C=O) groups is 1. The lowest BCUT2D eigenvalue weighted by atomic mass is 9.82. The van der Waals surface area contributed by atoms with Gasteiger partial charge in [0.25, 0.3) is 5.91 Å². The molecule has 1 aromatic heterocycles. The van der Waals surface area contributed by atoms with Gasteiger partial charge in [-0.1, -0.05) is 13.8 Å². The van der Waals surface area contributed by atoms with Crippen molar-refractivity contribution in [1.82, 2.24) is 14.9 Å². The van der Waals surface area contributed by atoms with E-state index in [0.717, 1.165) is 18.7 Å². The van der Waals surface area contributed by atoms with Crippen LogP contribution in [-0.2, 0) is 4.74 Å². The second-order valence-corrected chi connectivity index (χ2v) is 6.85. The smallest absolute Gasteiger partial charge is 0.256 e. The summed E-state index contributed by atoms with van der Waals surface area (Å²) in [6.45, 7) is 5.95. The average Bonchev–Trinajstić information content (AvgIpc) is 2.58. The molecule has 2 saturated heterocycles. The Labute approximate surface area is 136 Å². The van der Waals surface area contributed by atoms with Crippen molar-refractivity contribution >= 4 is 5.91 Å². The Kier molecular flexibility index (Phi) is 4.64. The fourth-order valence-electron chi connectivity index (χ4n) is 3.41. The van der Waals surface area contributed by atoms with Gasteiger partial charge in [0.15, 0.2) is 0 Å². The maximum Gasteiger partial charge on any atom is 0.256 e. The monoisotopic (exact) mass is 319 g/mol. The molecule has 0 aromatic carbocycles. The molecule has 23 heavy (non-hydrogen) atoms. The van der Waals surface area contributed by atoms with Crippen molar-refractivity contribution in [3.05, 3.63) is 23.8 Å². The van der Waals surface area contributed by atoms with Crippen molar-refractivity contribution in [2.24, 2.45) is 0 Å². The van der Waals surface area contributed by atoms with Gasteiger partial charge in [-0.25, -0.2) is 9.97 Å². The number of aromatic nitrogens is 2. The van der Waals surface area contributed by atoms with Crippen LogP contribution in [0.15, 0.2) is 12.4 Å². The molecular weight excluding hydrogens is 294 g/mol. The van der Waals surface area contributed by atoms with Crippen molar-refractivity contribution in [3.8, 4) is 0 Å². The standard InChI is InChI=1S/C17H25N3O3/c1-12(2)15-18-10-13(11-19-15)16(22)20-7-5-17(6-8-20)14(21)4-3-9-23-17/h10-12,14,21H,3-9H2,1-2H3. The summed E-state index contributed by atoms with van der Waals surface area (Å²) in [6, 6.07) is 0. The van der Waals surface area contributed by atoms with E-state index in [4.69, 9.17) is 4.74 Å². The van der Waals surface area contributed by atoms with E-state index in [0.29, 0.717) is 38.1 Å². The first-order chi connectivity index (χ1) is 11.0. The van der Waals surface area contributed by atoms with Crippen molar-refractivity contribution < 1.29 is 14.6 Å². The maximum absolute atomic E-state index is 12.6. The predicted octanol–water partition coefficient (Wildman–Crippen LogP) is 1.75. The van der Waals surface area contributed by atoms with E-state index in [-0.39, 0.29) is 11.8 Å². The highest BCUT2D eigenvalue weighted by atomic mass is 16.5. The molecule has 1 amide bonds. The van der Waals surface area contributed by atoms with Crippen LogP contribution in [0.2, 0.25) is 0 Å². The number of hydrogen-bond acceptors (Lipinski definition) is 5. The molecule has 1 aromatic rings. The van der Waals surface area contributed by atoms with Gasteiger partial charge in [-0.2, -0.15) is 0 Å². The summed E-state index contributed by atoms with van der Waals surface area (Å²) >= 11 is 0. The molecule has 126 valence electrons. The molecule has 2 aliphatic rings. The number of aliphatic hydroxyl groups is 1. The second kappa shape index (κ2) is 6.53. The molecule has 0 bridgehead atoms. The molecule has 6 heteroatoms. The van der Waals surface area contributed by atoms with Crippen molar-refractivity contribution in [3.63, 3.8) is 0 Å². The Morgan fingerprint density at radius 3 is 2.57 bits per heavy atom. The lowest BCUT2D eigenvalue weighted by Crippen LogP contribution is -2.56. The molecule has 2 fully saturated rings. The number of hydrogen-bond donors (Lipinski definition) is 1. The first-order valence-electron chi connectivity index (χ1n) is 8.45. The molecule has 0 radical (unpaired) electrons. The fraction of sp³-hybridized carbons (Fsp3) is 0.706. The number of likely N-dealkylation sites (tertiary alicyclic amines) is 1. The van der Waals surface area contributed by atoms with Gasteiger partial charge in [0, 0.05) is 38.0 Å². The number of carbonyl (C=O) groups excluding carboxylic acids is 1. The van der Waals surface area contributed by atoms with Crippen LogP contribution in [0.3, 0.4) is 0 Å². The fourth-order valence-corrected chi connectivity index (χ4v) is 3.41. The molecule has 0 aliphatic carbocycles. The number of rotatable bonds is 2. The minimum absolute atomic E-state index is 0.0412. The zero-order valence-corrected chi connectivity index (χ0v) is 13.9. The summed E-state index contributed by atoms with van der Waals surface area (Å²) in [7, 11) is 0. The minimum Gasteiger partial charge on any atom is -0.390 e. The number of piperidine rings is 1. The van der Waals surface area contributed by atoms with Crippen LogP contribution in [0.4, 0.5) is 0 Å². The van der Waals surface area contributed by atoms with E-state index in [1.165, 1.54) is 0 Å². The molecule has 3 heterocycles. The molecule has 1 atom stereocenters. The third-order valence-electron chi connectivity index (χ3n) is 4.95. The Morgan fingerprint density at radius 1 is 1.35 bits per heavy atom. The van der Waals surface area contributed by atoms with Gasteiger partial charge in [0.1, 0.15) is 5.82 Å². The SMILES string of the molecule is CC(C)c1ncc(C(=O)N2CCC3(CC2)OCCCC3O)cn1. The maximum atomic E-state index is 12.6. The largest absolute Gasteiger partial charge is 0.390 e. The zero-order valence-electron chi connectivity index (χ0n) is 13.9. The molecule has 2 aliphatic heterocycles. The molecule has 3 rings (SSSR count). The van der Waals surface area contributed by atoms with Crippen molar-refractivity contribution in [2.45, 2.75) is 57.2 Å². The third-order valence-corrected chi connectivity index (χ3v) is 4.95. The molecule has 0 saturated carbocycles. The molecule has 1 unspecified atom stereocenters. The van der Waals surface area contributed by atoms with Crippen LogP contribution in [0.5, 0.6) is 0 Å².